The van der Waals surface area contributed by atoms with Gasteiger partial charge in [0.2, 0.25) is 5.91 Å². The van der Waals surface area contributed by atoms with Crippen LogP contribution >= 0.6 is 15.9 Å². The summed E-state index contributed by atoms with van der Waals surface area (Å²) in [6, 6.07) is 20.7. The second kappa shape index (κ2) is 9.83. The number of furan rings is 1. The molecule has 160 valence electrons. The number of rotatable bonds is 8. The summed E-state index contributed by atoms with van der Waals surface area (Å²) in [6.07, 6.45) is 3.43. The largest absolute Gasteiger partial charge is 0.467 e. The molecule has 1 heterocycles. The number of benzene rings is 2. The van der Waals surface area contributed by atoms with E-state index in [1.54, 1.807) is 16.1 Å². The third kappa shape index (κ3) is 5.98. The van der Waals surface area contributed by atoms with Crippen LogP contribution in [-0.2, 0) is 17.9 Å². The molecule has 0 spiro atoms. The van der Waals surface area contributed by atoms with Gasteiger partial charge in [-0.2, -0.15) is 0 Å². The summed E-state index contributed by atoms with van der Waals surface area (Å²) >= 11 is 3.41. The number of amides is 3. The summed E-state index contributed by atoms with van der Waals surface area (Å²) in [5.74, 6) is 0.595. The summed E-state index contributed by atoms with van der Waals surface area (Å²) in [5, 5.41) is 2.91. The number of carbonyl (C=O) groups is 2. The van der Waals surface area contributed by atoms with Gasteiger partial charge < -0.3 is 19.5 Å². The van der Waals surface area contributed by atoms with Crippen LogP contribution in [0, 0.1) is 0 Å². The summed E-state index contributed by atoms with van der Waals surface area (Å²) in [5.41, 5.74) is 1.72. The third-order valence-electron chi connectivity index (χ3n) is 5.13. The lowest BCUT2D eigenvalue weighted by molar-refractivity contribution is -0.133. The highest BCUT2D eigenvalue weighted by atomic mass is 79.9. The van der Waals surface area contributed by atoms with E-state index in [2.05, 4.69) is 21.2 Å². The summed E-state index contributed by atoms with van der Waals surface area (Å²) < 4.78 is 6.34. The molecule has 0 saturated heterocycles. The predicted molar refractivity (Wildman–Crippen MR) is 122 cm³/mol. The minimum atomic E-state index is -0.258. The van der Waals surface area contributed by atoms with Crippen LogP contribution in [0.3, 0.4) is 0 Å². The Morgan fingerprint density at radius 2 is 1.81 bits per heavy atom. The maximum Gasteiger partial charge on any atom is 0.322 e. The molecule has 6 nitrogen and oxygen atoms in total. The van der Waals surface area contributed by atoms with Gasteiger partial charge >= 0.3 is 6.03 Å². The van der Waals surface area contributed by atoms with E-state index in [1.807, 2.05) is 66.7 Å². The lowest BCUT2D eigenvalue weighted by Gasteiger charge is -2.27. The normalized spacial score (nSPS) is 12.9. The molecular formula is C24H24BrN3O3. The average molecular weight is 482 g/mol. The molecule has 0 aliphatic heterocycles. The van der Waals surface area contributed by atoms with E-state index >= 15 is 0 Å². The zero-order valence-electron chi connectivity index (χ0n) is 17.0. The molecule has 3 aromatic rings. The molecule has 1 aliphatic carbocycles. The molecule has 1 fully saturated rings. The van der Waals surface area contributed by atoms with Crippen molar-refractivity contribution in [2.24, 2.45) is 0 Å². The average Bonchev–Trinajstić information content (AvgIpc) is 3.47. The quantitative estimate of drug-likeness (QED) is 0.476. The van der Waals surface area contributed by atoms with E-state index in [0.717, 1.165) is 22.9 Å². The number of carbonyl (C=O) groups excluding carboxylic acids is 2. The molecule has 3 amide bonds. The monoisotopic (exact) mass is 481 g/mol. The van der Waals surface area contributed by atoms with E-state index in [0.29, 0.717) is 24.5 Å². The topological polar surface area (TPSA) is 65.8 Å². The van der Waals surface area contributed by atoms with Crippen LogP contribution in [-0.4, -0.2) is 34.3 Å². The van der Waals surface area contributed by atoms with Crippen molar-refractivity contribution >= 4 is 33.6 Å². The summed E-state index contributed by atoms with van der Waals surface area (Å²) in [4.78, 5) is 29.6. The number of nitrogens with zero attached hydrogens (tertiary/aromatic N) is 2. The second-order valence-electron chi connectivity index (χ2n) is 7.61. The molecule has 1 aliphatic rings. The van der Waals surface area contributed by atoms with Crippen molar-refractivity contribution in [1.29, 1.82) is 0 Å². The fourth-order valence-corrected chi connectivity index (χ4v) is 3.79. The van der Waals surface area contributed by atoms with Crippen molar-refractivity contribution in [1.82, 2.24) is 9.80 Å². The predicted octanol–water partition coefficient (Wildman–Crippen LogP) is 5.27. The number of anilines is 1. The van der Waals surface area contributed by atoms with Crippen LogP contribution in [0.25, 0.3) is 0 Å². The Morgan fingerprint density at radius 1 is 1.00 bits per heavy atom. The lowest BCUT2D eigenvalue weighted by atomic mass is 10.2. The van der Waals surface area contributed by atoms with Gasteiger partial charge in [-0.25, -0.2) is 4.79 Å². The Labute approximate surface area is 190 Å². The van der Waals surface area contributed by atoms with E-state index in [4.69, 9.17) is 4.42 Å². The van der Waals surface area contributed by atoms with E-state index in [-0.39, 0.29) is 24.5 Å². The van der Waals surface area contributed by atoms with Crippen molar-refractivity contribution < 1.29 is 14.0 Å². The maximum atomic E-state index is 13.3. The number of halogens is 1. The van der Waals surface area contributed by atoms with E-state index < -0.39 is 0 Å². The van der Waals surface area contributed by atoms with Gasteiger partial charge in [0.05, 0.1) is 12.8 Å². The molecule has 0 unspecified atom stereocenters. The first-order valence-corrected chi connectivity index (χ1v) is 11.0. The molecule has 0 radical (unpaired) electrons. The van der Waals surface area contributed by atoms with Gasteiger partial charge in [0, 0.05) is 22.7 Å². The van der Waals surface area contributed by atoms with Crippen molar-refractivity contribution in [3.8, 4) is 0 Å². The Morgan fingerprint density at radius 3 is 2.48 bits per heavy atom. The second-order valence-corrected chi connectivity index (χ2v) is 8.53. The first kappa shape index (κ1) is 21.2. The molecule has 31 heavy (non-hydrogen) atoms. The van der Waals surface area contributed by atoms with Crippen LogP contribution in [0.15, 0.2) is 81.9 Å². The Kier molecular flexibility index (Phi) is 6.72. The number of hydrogen-bond acceptors (Lipinski definition) is 3. The molecule has 1 aromatic heterocycles. The molecule has 1 saturated carbocycles. The van der Waals surface area contributed by atoms with Gasteiger partial charge in [-0.3, -0.25) is 4.79 Å². The highest BCUT2D eigenvalue weighted by Gasteiger charge is 2.35. The van der Waals surface area contributed by atoms with Crippen LogP contribution in [0.5, 0.6) is 0 Å². The van der Waals surface area contributed by atoms with Gasteiger partial charge in [0.15, 0.2) is 0 Å². The Bertz CT molecular complexity index is 1020. The van der Waals surface area contributed by atoms with E-state index in [9.17, 15) is 9.59 Å². The van der Waals surface area contributed by atoms with Crippen molar-refractivity contribution in [3.05, 3.63) is 88.8 Å². The highest BCUT2D eigenvalue weighted by molar-refractivity contribution is 9.10. The van der Waals surface area contributed by atoms with Crippen LogP contribution in [0.4, 0.5) is 10.5 Å². The standard InChI is InChI=1S/C24H24BrN3O3/c25-19-8-4-9-20(14-19)26-24(30)28(21-11-12-21)17-23(29)27(16-22-10-5-13-31-22)15-18-6-2-1-3-7-18/h1-10,13-14,21H,11-12,15-17H2,(H,26,30). The van der Waals surface area contributed by atoms with Gasteiger partial charge in [0.25, 0.3) is 0 Å². The maximum absolute atomic E-state index is 13.3. The Balaban J connectivity index is 1.47. The smallest absolute Gasteiger partial charge is 0.322 e. The minimum absolute atomic E-state index is 0.0258. The molecule has 0 bridgehead atoms. The molecular weight excluding hydrogens is 458 g/mol. The number of hydrogen-bond donors (Lipinski definition) is 1. The van der Waals surface area contributed by atoms with Gasteiger partial charge in [-0.05, 0) is 48.7 Å². The lowest BCUT2D eigenvalue weighted by Crippen LogP contribution is -2.45. The van der Waals surface area contributed by atoms with Crippen molar-refractivity contribution in [3.63, 3.8) is 0 Å². The van der Waals surface area contributed by atoms with Crippen molar-refractivity contribution in [2.45, 2.75) is 32.0 Å². The fourth-order valence-electron chi connectivity index (χ4n) is 3.39. The Hall–Kier alpha value is -3.06. The highest BCUT2D eigenvalue weighted by Crippen LogP contribution is 2.28. The zero-order chi connectivity index (χ0) is 21.6. The fraction of sp³-hybridized carbons (Fsp3) is 0.250. The third-order valence-corrected chi connectivity index (χ3v) is 5.62. The van der Waals surface area contributed by atoms with Gasteiger partial charge in [0.1, 0.15) is 12.3 Å². The molecule has 2 aromatic carbocycles. The minimum Gasteiger partial charge on any atom is -0.467 e. The van der Waals surface area contributed by atoms with Crippen LogP contribution in [0.2, 0.25) is 0 Å². The number of urea groups is 1. The van der Waals surface area contributed by atoms with Gasteiger partial charge in [-0.15, -0.1) is 0 Å². The molecule has 0 atom stereocenters. The number of nitrogens with one attached hydrogen (secondary N) is 1. The summed E-state index contributed by atoms with van der Waals surface area (Å²) in [6.45, 7) is 0.830. The molecule has 4 rings (SSSR count). The first-order valence-electron chi connectivity index (χ1n) is 10.3. The van der Waals surface area contributed by atoms with Crippen LogP contribution in [0.1, 0.15) is 24.2 Å². The van der Waals surface area contributed by atoms with E-state index in [1.165, 1.54) is 0 Å². The molecule has 7 heteroatoms. The van der Waals surface area contributed by atoms with Gasteiger partial charge in [-0.1, -0.05) is 52.3 Å². The molecule has 1 N–H and O–H groups in total. The first-order chi connectivity index (χ1) is 15.1. The SMILES string of the molecule is O=C(CN(C(=O)Nc1cccc(Br)c1)C1CC1)N(Cc1ccccc1)Cc1ccco1. The van der Waals surface area contributed by atoms with Crippen molar-refractivity contribution in [2.75, 3.05) is 11.9 Å². The summed E-state index contributed by atoms with van der Waals surface area (Å²) in [7, 11) is 0. The van der Waals surface area contributed by atoms with Crippen LogP contribution < -0.4 is 5.32 Å². The zero-order valence-corrected chi connectivity index (χ0v) is 18.6.